The van der Waals surface area contributed by atoms with Crippen molar-refractivity contribution in [2.45, 2.75) is 139 Å². The van der Waals surface area contributed by atoms with Crippen molar-refractivity contribution in [2.75, 3.05) is 45.8 Å². The Balaban J connectivity index is 2.23. The fourth-order valence-electron chi connectivity index (χ4n) is 7.50. The Hall–Kier alpha value is -6.79. The highest BCUT2D eigenvalue weighted by Crippen LogP contribution is 2.20. The summed E-state index contributed by atoms with van der Waals surface area (Å²) in [6, 6.07) is -8.82. The van der Waals surface area contributed by atoms with Crippen LogP contribution in [0.4, 0.5) is 0 Å². The number of carboxylic acid groups (broad SMARTS) is 1. The van der Waals surface area contributed by atoms with Crippen LogP contribution >= 0.6 is 0 Å². The van der Waals surface area contributed by atoms with E-state index in [1.54, 1.807) is 0 Å². The number of imidazole rings is 1. The summed E-state index contributed by atoms with van der Waals surface area (Å²) in [6.45, 7) is 1.19. The lowest BCUT2D eigenvalue weighted by atomic mass is 9.98. The third kappa shape index (κ3) is 22.7. The zero-order valence-corrected chi connectivity index (χ0v) is 41.4. The van der Waals surface area contributed by atoms with E-state index in [9.17, 15) is 53.4 Å². The molecular weight excluding hydrogens is 957 g/mol. The first kappa shape index (κ1) is 62.3. The molecule has 0 spiro atoms. The van der Waals surface area contributed by atoms with Gasteiger partial charge >= 0.3 is 5.97 Å². The molecule has 29 heteroatoms. The van der Waals surface area contributed by atoms with Crippen LogP contribution in [0.1, 0.15) is 89.7 Å². The van der Waals surface area contributed by atoms with Crippen LogP contribution in [0.3, 0.4) is 0 Å². The number of amides is 8. The second-order valence-electron chi connectivity index (χ2n) is 17.4. The Bertz CT molecular complexity index is 2020. The summed E-state index contributed by atoms with van der Waals surface area (Å²) in [4.78, 5) is 132. The highest BCUT2D eigenvalue weighted by molar-refractivity contribution is 5.99. The van der Waals surface area contributed by atoms with Gasteiger partial charge in [-0.3, -0.25) is 43.3 Å². The van der Waals surface area contributed by atoms with E-state index < -0.39 is 120 Å². The van der Waals surface area contributed by atoms with Crippen molar-refractivity contribution in [1.29, 1.82) is 0 Å². The molecule has 410 valence electrons. The number of aliphatic hydroxyl groups excluding tert-OH is 1. The lowest BCUT2D eigenvalue weighted by Crippen LogP contribution is -2.61. The van der Waals surface area contributed by atoms with Crippen LogP contribution in [0.2, 0.25) is 0 Å². The molecule has 0 radical (unpaired) electrons. The van der Waals surface area contributed by atoms with E-state index in [2.05, 4.69) is 52.2 Å². The van der Waals surface area contributed by atoms with Gasteiger partial charge in [0, 0.05) is 37.9 Å². The molecule has 2 heterocycles. The zero-order valence-electron chi connectivity index (χ0n) is 41.4. The van der Waals surface area contributed by atoms with Gasteiger partial charge in [0.05, 0.1) is 25.0 Å². The molecule has 8 atom stereocenters. The molecule has 0 bridgehead atoms. The number of nitrogens with zero attached hydrogens (tertiary/aromatic N) is 3. The number of carbonyl (C=O) groups excluding carboxylic acids is 8. The number of hydrogen-bond donors (Lipinski definition) is 17. The molecule has 1 aliphatic heterocycles. The topological polar surface area (TPSA) is 505 Å². The molecule has 1 fully saturated rings. The summed E-state index contributed by atoms with van der Waals surface area (Å²) in [5.41, 5.74) is 39.1. The monoisotopic (exact) mass is 1030 g/mol. The number of nitrogens with two attached hydrogens (primary N) is 7. The second kappa shape index (κ2) is 33.8. The van der Waals surface area contributed by atoms with Crippen LogP contribution in [-0.2, 0) is 49.6 Å². The maximum Gasteiger partial charge on any atom is 0.352 e. The van der Waals surface area contributed by atoms with E-state index >= 15 is 0 Å². The molecule has 24 N–H and O–H groups in total. The minimum atomic E-state index is -1.56. The van der Waals surface area contributed by atoms with Crippen molar-refractivity contribution < 1.29 is 53.4 Å². The largest absolute Gasteiger partial charge is 0.477 e. The molecule has 1 aromatic heterocycles. The molecule has 29 nitrogen and oxygen atoms in total. The number of rotatable bonds is 34. The van der Waals surface area contributed by atoms with Gasteiger partial charge in [-0.2, -0.15) is 0 Å². The summed E-state index contributed by atoms with van der Waals surface area (Å²) in [5.74, 6) is -7.98. The summed E-state index contributed by atoms with van der Waals surface area (Å²) in [6.07, 6.45) is 6.25. The van der Waals surface area contributed by atoms with Crippen LogP contribution in [0.25, 0.3) is 0 Å². The third-order valence-electron chi connectivity index (χ3n) is 11.6. The number of likely N-dealkylation sites (tertiary alicyclic amines) is 1. The van der Waals surface area contributed by atoms with Gasteiger partial charge in [0.2, 0.25) is 47.3 Å². The van der Waals surface area contributed by atoms with Gasteiger partial charge in [0.25, 0.3) is 0 Å². The second-order valence-corrected chi connectivity index (χ2v) is 17.4. The Labute approximate surface area is 423 Å². The van der Waals surface area contributed by atoms with E-state index in [1.807, 2.05) is 0 Å². The highest BCUT2D eigenvalue weighted by atomic mass is 16.4. The number of carbonyl (C=O) groups is 9. The summed E-state index contributed by atoms with van der Waals surface area (Å²) in [5, 5.41) is 37.6. The lowest BCUT2D eigenvalue weighted by molar-refractivity contribution is -0.146. The Kier molecular flexibility index (Phi) is 28.8. The van der Waals surface area contributed by atoms with E-state index in [-0.39, 0.29) is 77.1 Å². The van der Waals surface area contributed by atoms with Gasteiger partial charge in [-0.15, -0.1) is 0 Å². The predicted molar refractivity (Wildman–Crippen MR) is 266 cm³/mol. The van der Waals surface area contributed by atoms with Crippen molar-refractivity contribution >= 4 is 59.2 Å². The number of aliphatic imine (C=N–C) groups is 1. The van der Waals surface area contributed by atoms with E-state index in [0.29, 0.717) is 50.8 Å². The molecule has 8 amide bonds. The zero-order chi connectivity index (χ0) is 54.5. The molecular formula is C44H78N18O11. The first-order valence-corrected chi connectivity index (χ1v) is 24.4. The van der Waals surface area contributed by atoms with Crippen molar-refractivity contribution in [3.05, 3.63) is 30.0 Å². The standard InChI is InChI=1S/C44H78N18O11/c1-25(56-41(70)35(33(63)21-48)61-37(66)27(49)10-2-5-15-45)36(65)54-23-34(64)57-29(12-8-17-47)42(71)62-19-7-4-14-32(62)40(69)60-31(20-26-22-52-24-55-26)39(68)58-28(11-3-6-16-46)38(67)59-30(43(72)73)13-9-18-53-44(50)51/h13,22,24-25,27-29,31-33,35,63H,2-12,14-21,23,45-49H2,1H3,(H,52,55)(H,54,65)(H,56,70)(H,57,64)(H,58,68)(H,59,67)(H,60,69)(H,61,66)(H,72,73)(H4,50,51,53)/b30-13-/t25?,27?,28-,29+,31?,32-,33-,35-/m0/s1. The summed E-state index contributed by atoms with van der Waals surface area (Å²) in [7, 11) is 0. The minimum Gasteiger partial charge on any atom is -0.477 e. The lowest BCUT2D eigenvalue weighted by Gasteiger charge is -2.37. The van der Waals surface area contributed by atoms with Gasteiger partial charge in [0.1, 0.15) is 41.9 Å². The van der Waals surface area contributed by atoms with Crippen LogP contribution < -0.4 is 77.4 Å². The molecule has 0 saturated carbocycles. The summed E-state index contributed by atoms with van der Waals surface area (Å²) < 4.78 is 0. The number of aliphatic hydroxyl groups is 1. The van der Waals surface area contributed by atoms with Crippen LogP contribution in [0.15, 0.2) is 29.3 Å². The SMILES string of the molecule is CC(NC(=O)[C@@H](NC(=O)C(N)CCCCN)[C@@H](O)CN)C(=O)NCC(=O)N[C@H](CCCN)C(=O)N1CCCC[C@H]1C(=O)NC(Cc1cnc[nH]1)C(=O)N[C@@H](CCCCN)C(=O)N/C(=C\CCN=C(N)N)C(=O)O. The van der Waals surface area contributed by atoms with Crippen molar-refractivity contribution in [3.8, 4) is 0 Å². The molecule has 0 aliphatic carbocycles. The number of H-pyrrole nitrogens is 1. The number of aromatic nitrogens is 2. The maximum absolute atomic E-state index is 14.3. The van der Waals surface area contributed by atoms with Gasteiger partial charge in [-0.1, -0.05) is 12.5 Å². The smallest absolute Gasteiger partial charge is 0.352 e. The molecule has 73 heavy (non-hydrogen) atoms. The number of nitrogens with one attached hydrogen (secondary N) is 8. The van der Waals surface area contributed by atoms with E-state index in [4.69, 9.17) is 40.1 Å². The average Bonchev–Trinajstić information content (AvgIpc) is 3.88. The van der Waals surface area contributed by atoms with Crippen LogP contribution in [-0.4, -0.2) is 178 Å². The van der Waals surface area contributed by atoms with Gasteiger partial charge in [0.15, 0.2) is 5.96 Å². The first-order chi connectivity index (χ1) is 34.8. The number of hydrogen-bond acceptors (Lipinski definition) is 17. The first-order valence-electron chi connectivity index (χ1n) is 24.4. The molecule has 1 aromatic rings. The number of guanidine groups is 1. The fourth-order valence-corrected chi connectivity index (χ4v) is 7.50. The van der Waals surface area contributed by atoms with E-state index in [0.717, 1.165) is 0 Å². The number of aliphatic carboxylic acids is 1. The maximum atomic E-state index is 14.3. The normalized spacial score (nSPS) is 16.5. The molecule has 3 unspecified atom stereocenters. The number of piperidine rings is 1. The van der Waals surface area contributed by atoms with Gasteiger partial charge in [-0.25, -0.2) is 9.78 Å². The van der Waals surface area contributed by atoms with Crippen molar-refractivity contribution in [1.82, 2.24) is 52.1 Å². The minimum absolute atomic E-state index is 0.0425. The molecule has 1 saturated heterocycles. The number of aromatic amines is 1. The van der Waals surface area contributed by atoms with Crippen molar-refractivity contribution in [2.24, 2.45) is 45.1 Å². The quantitative estimate of drug-likeness (QED) is 0.0132. The Morgan fingerprint density at radius 3 is 2.10 bits per heavy atom. The molecule has 0 aromatic carbocycles. The Morgan fingerprint density at radius 1 is 0.808 bits per heavy atom. The average molecular weight is 1040 g/mol. The fraction of sp³-hybridized carbons (Fsp3) is 0.659. The summed E-state index contributed by atoms with van der Waals surface area (Å²) >= 11 is 0. The molecule has 1 aliphatic rings. The number of carboxylic acids is 1. The van der Waals surface area contributed by atoms with Gasteiger partial charge < -0.3 is 97.5 Å². The highest BCUT2D eigenvalue weighted by Gasteiger charge is 2.38. The van der Waals surface area contributed by atoms with E-state index in [1.165, 1.54) is 30.4 Å². The predicted octanol–water partition coefficient (Wildman–Crippen LogP) is -6.71. The third-order valence-corrected chi connectivity index (χ3v) is 11.6. The number of unbranched alkanes of at least 4 members (excludes halogenated alkanes) is 2. The van der Waals surface area contributed by atoms with Crippen LogP contribution in [0.5, 0.6) is 0 Å². The van der Waals surface area contributed by atoms with Gasteiger partial charge in [-0.05, 0) is 97.2 Å². The van der Waals surface area contributed by atoms with Crippen molar-refractivity contribution in [3.63, 3.8) is 0 Å². The molecule has 2 rings (SSSR count). The Morgan fingerprint density at radius 2 is 1.48 bits per heavy atom. The van der Waals surface area contributed by atoms with Crippen LogP contribution in [0, 0.1) is 0 Å².